The van der Waals surface area contributed by atoms with Crippen molar-refractivity contribution in [3.8, 4) is 0 Å². The standard InChI is InChI=1S/C14H21N3O/c1-16-8-11-2-4-12(5-3-11)9-17-7-6-13(10-17)14(15)18/h2-5,13,16H,6-10H2,1H3,(H2,15,18). The molecule has 2 rings (SSSR count). The van der Waals surface area contributed by atoms with E-state index in [0.717, 1.165) is 32.6 Å². The summed E-state index contributed by atoms with van der Waals surface area (Å²) in [4.78, 5) is 13.4. The second-order valence-electron chi connectivity index (χ2n) is 4.97. The van der Waals surface area contributed by atoms with Gasteiger partial charge < -0.3 is 11.1 Å². The van der Waals surface area contributed by atoms with E-state index in [1.54, 1.807) is 0 Å². The van der Waals surface area contributed by atoms with Crippen molar-refractivity contribution in [2.45, 2.75) is 19.5 Å². The van der Waals surface area contributed by atoms with Crippen LogP contribution in [0, 0.1) is 5.92 Å². The summed E-state index contributed by atoms with van der Waals surface area (Å²) in [5, 5.41) is 3.13. The number of benzene rings is 1. The minimum absolute atomic E-state index is 0.0357. The number of carbonyl (C=O) groups excluding carboxylic acids is 1. The van der Waals surface area contributed by atoms with Crippen LogP contribution in [0.2, 0.25) is 0 Å². The maximum atomic E-state index is 11.1. The van der Waals surface area contributed by atoms with Gasteiger partial charge in [-0.2, -0.15) is 0 Å². The molecule has 4 heteroatoms. The minimum atomic E-state index is -0.165. The molecule has 1 amide bonds. The van der Waals surface area contributed by atoms with Crippen LogP contribution in [0.1, 0.15) is 17.5 Å². The number of nitrogens with two attached hydrogens (primary N) is 1. The van der Waals surface area contributed by atoms with E-state index >= 15 is 0 Å². The van der Waals surface area contributed by atoms with Crippen molar-refractivity contribution in [1.29, 1.82) is 0 Å². The van der Waals surface area contributed by atoms with Crippen LogP contribution < -0.4 is 11.1 Å². The molecule has 1 aliphatic rings. The number of primary amides is 1. The molecule has 18 heavy (non-hydrogen) atoms. The zero-order valence-corrected chi connectivity index (χ0v) is 10.9. The van der Waals surface area contributed by atoms with Gasteiger partial charge in [0.1, 0.15) is 0 Å². The minimum Gasteiger partial charge on any atom is -0.369 e. The highest BCUT2D eigenvalue weighted by Crippen LogP contribution is 2.18. The van der Waals surface area contributed by atoms with Gasteiger partial charge in [-0.05, 0) is 31.1 Å². The van der Waals surface area contributed by atoms with Gasteiger partial charge in [-0.1, -0.05) is 24.3 Å². The lowest BCUT2D eigenvalue weighted by Gasteiger charge is -2.15. The van der Waals surface area contributed by atoms with Gasteiger partial charge in [0.25, 0.3) is 0 Å². The summed E-state index contributed by atoms with van der Waals surface area (Å²) >= 11 is 0. The Balaban J connectivity index is 1.88. The number of nitrogens with one attached hydrogen (secondary N) is 1. The van der Waals surface area contributed by atoms with E-state index in [1.165, 1.54) is 11.1 Å². The molecule has 1 aromatic rings. The van der Waals surface area contributed by atoms with Gasteiger partial charge in [-0.15, -0.1) is 0 Å². The summed E-state index contributed by atoms with van der Waals surface area (Å²) in [5.74, 6) is -0.129. The lowest BCUT2D eigenvalue weighted by atomic mass is 10.1. The molecule has 1 atom stereocenters. The molecule has 4 nitrogen and oxygen atoms in total. The molecule has 1 heterocycles. The number of amides is 1. The fraction of sp³-hybridized carbons (Fsp3) is 0.500. The topological polar surface area (TPSA) is 58.4 Å². The van der Waals surface area contributed by atoms with Gasteiger partial charge in [-0.3, -0.25) is 9.69 Å². The van der Waals surface area contributed by atoms with Crippen molar-refractivity contribution >= 4 is 5.91 Å². The molecule has 1 aliphatic heterocycles. The first-order chi connectivity index (χ1) is 8.69. The van der Waals surface area contributed by atoms with E-state index < -0.39 is 0 Å². The highest BCUT2D eigenvalue weighted by Gasteiger charge is 2.26. The highest BCUT2D eigenvalue weighted by molar-refractivity contribution is 5.77. The largest absolute Gasteiger partial charge is 0.369 e. The fourth-order valence-electron chi connectivity index (χ4n) is 2.43. The maximum absolute atomic E-state index is 11.1. The monoisotopic (exact) mass is 247 g/mol. The number of likely N-dealkylation sites (tertiary alicyclic amines) is 1. The summed E-state index contributed by atoms with van der Waals surface area (Å²) < 4.78 is 0. The first-order valence-electron chi connectivity index (χ1n) is 6.43. The fourth-order valence-corrected chi connectivity index (χ4v) is 2.43. The zero-order valence-electron chi connectivity index (χ0n) is 10.9. The van der Waals surface area contributed by atoms with Gasteiger partial charge in [0, 0.05) is 19.6 Å². The van der Waals surface area contributed by atoms with Crippen LogP contribution in [0.5, 0.6) is 0 Å². The second kappa shape index (κ2) is 5.98. The van der Waals surface area contributed by atoms with Crippen LogP contribution in [0.25, 0.3) is 0 Å². The molecule has 1 unspecified atom stereocenters. The van der Waals surface area contributed by atoms with Crippen LogP contribution >= 0.6 is 0 Å². The van der Waals surface area contributed by atoms with E-state index in [1.807, 2.05) is 7.05 Å². The van der Waals surface area contributed by atoms with Gasteiger partial charge in [-0.25, -0.2) is 0 Å². The second-order valence-corrected chi connectivity index (χ2v) is 4.97. The molecule has 0 aliphatic carbocycles. The predicted octanol–water partition coefficient (Wildman–Crippen LogP) is 0.713. The first-order valence-corrected chi connectivity index (χ1v) is 6.43. The molecular formula is C14H21N3O. The van der Waals surface area contributed by atoms with Gasteiger partial charge in [0.15, 0.2) is 0 Å². The van der Waals surface area contributed by atoms with Gasteiger partial charge in [0.2, 0.25) is 5.91 Å². The average molecular weight is 247 g/mol. The number of rotatable bonds is 5. The third-order valence-electron chi connectivity index (χ3n) is 3.48. The van der Waals surface area contributed by atoms with Gasteiger partial charge >= 0.3 is 0 Å². The van der Waals surface area contributed by atoms with Crippen molar-refractivity contribution in [2.75, 3.05) is 20.1 Å². The Morgan fingerprint density at radius 3 is 2.61 bits per heavy atom. The Bertz CT molecular complexity index is 402. The normalized spacial score (nSPS) is 20.2. The molecule has 0 spiro atoms. The first kappa shape index (κ1) is 13.1. The number of carbonyl (C=O) groups is 1. The Hall–Kier alpha value is -1.39. The third kappa shape index (κ3) is 3.31. The maximum Gasteiger partial charge on any atom is 0.221 e. The molecule has 0 bridgehead atoms. The van der Waals surface area contributed by atoms with E-state index in [-0.39, 0.29) is 11.8 Å². The van der Waals surface area contributed by atoms with Crippen LogP contribution in [0.4, 0.5) is 0 Å². The quantitative estimate of drug-likeness (QED) is 0.806. The highest BCUT2D eigenvalue weighted by atomic mass is 16.1. The van der Waals surface area contributed by atoms with E-state index in [2.05, 4.69) is 34.5 Å². The molecule has 3 N–H and O–H groups in total. The Morgan fingerprint density at radius 2 is 2.06 bits per heavy atom. The van der Waals surface area contributed by atoms with Crippen molar-refractivity contribution in [2.24, 2.45) is 11.7 Å². The third-order valence-corrected chi connectivity index (χ3v) is 3.48. The van der Waals surface area contributed by atoms with Crippen molar-refractivity contribution < 1.29 is 4.79 Å². The molecule has 98 valence electrons. The molecule has 0 radical (unpaired) electrons. The summed E-state index contributed by atoms with van der Waals surface area (Å²) in [5.41, 5.74) is 7.92. The summed E-state index contributed by atoms with van der Waals surface area (Å²) in [7, 11) is 1.95. The number of hydrogen-bond acceptors (Lipinski definition) is 3. The Morgan fingerprint density at radius 1 is 1.39 bits per heavy atom. The van der Waals surface area contributed by atoms with Crippen LogP contribution in [-0.4, -0.2) is 30.9 Å². The Kier molecular flexibility index (Phi) is 4.33. The average Bonchev–Trinajstić information content (AvgIpc) is 2.81. The molecule has 1 fully saturated rings. The SMILES string of the molecule is CNCc1ccc(CN2CCC(C(N)=O)C2)cc1. The zero-order chi connectivity index (χ0) is 13.0. The summed E-state index contributed by atoms with van der Waals surface area (Å²) in [6, 6.07) is 8.61. The van der Waals surface area contributed by atoms with Crippen molar-refractivity contribution in [1.82, 2.24) is 10.2 Å². The smallest absolute Gasteiger partial charge is 0.221 e. The molecule has 1 saturated heterocycles. The Labute approximate surface area is 108 Å². The van der Waals surface area contributed by atoms with Gasteiger partial charge in [0.05, 0.1) is 5.92 Å². The van der Waals surface area contributed by atoms with Crippen LogP contribution in [0.3, 0.4) is 0 Å². The van der Waals surface area contributed by atoms with E-state index in [0.29, 0.717) is 0 Å². The van der Waals surface area contributed by atoms with E-state index in [4.69, 9.17) is 5.73 Å². The van der Waals surface area contributed by atoms with Crippen LogP contribution in [0.15, 0.2) is 24.3 Å². The van der Waals surface area contributed by atoms with Crippen molar-refractivity contribution in [3.05, 3.63) is 35.4 Å². The van der Waals surface area contributed by atoms with Crippen molar-refractivity contribution in [3.63, 3.8) is 0 Å². The summed E-state index contributed by atoms with van der Waals surface area (Å²) in [6.45, 7) is 3.57. The van der Waals surface area contributed by atoms with Crippen LogP contribution in [-0.2, 0) is 17.9 Å². The molecule has 0 saturated carbocycles. The lowest BCUT2D eigenvalue weighted by molar-refractivity contribution is -0.121. The lowest BCUT2D eigenvalue weighted by Crippen LogP contribution is -2.27. The molecule has 1 aromatic carbocycles. The molecule has 0 aromatic heterocycles. The molecular weight excluding hydrogens is 226 g/mol. The number of nitrogens with zero attached hydrogens (tertiary/aromatic N) is 1. The number of hydrogen-bond donors (Lipinski definition) is 2. The predicted molar refractivity (Wildman–Crippen MR) is 71.8 cm³/mol. The van der Waals surface area contributed by atoms with E-state index in [9.17, 15) is 4.79 Å². The summed E-state index contributed by atoms with van der Waals surface area (Å²) in [6.07, 6.45) is 0.896.